The summed E-state index contributed by atoms with van der Waals surface area (Å²) in [5.41, 5.74) is 2.14. The van der Waals surface area contributed by atoms with Crippen LogP contribution in [0.4, 0.5) is 0 Å². The van der Waals surface area contributed by atoms with E-state index >= 15 is 0 Å². The highest BCUT2D eigenvalue weighted by atomic mass is 32.2. The van der Waals surface area contributed by atoms with Gasteiger partial charge < -0.3 is 10.1 Å². The van der Waals surface area contributed by atoms with Crippen LogP contribution in [0.1, 0.15) is 50.5 Å². The zero-order chi connectivity index (χ0) is 20.0. The Bertz CT molecular complexity index is 827. The lowest BCUT2D eigenvalue weighted by molar-refractivity contribution is -0.123. The van der Waals surface area contributed by atoms with Crippen LogP contribution in [-0.2, 0) is 14.8 Å². The third-order valence-electron chi connectivity index (χ3n) is 5.36. The lowest BCUT2D eigenvalue weighted by Crippen LogP contribution is -2.30. The lowest BCUT2D eigenvalue weighted by Gasteiger charge is -2.17. The molecule has 1 N–H and O–H groups in total. The molecule has 1 amide bonds. The van der Waals surface area contributed by atoms with Crippen molar-refractivity contribution in [2.45, 2.75) is 56.8 Å². The summed E-state index contributed by atoms with van der Waals surface area (Å²) in [7, 11) is -3.44. The van der Waals surface area contributed by atoms with Gasteiger partial charge in [-0.1, -0.05) is 11.6 Å². The summed E-state index contributed by atoms with van der Waals surface area (Å²) in [5, 5.41) is 2.89. The standard InChI is InChI=1S/C21H30N2O4S/c1-17-15-19(28(25,26)23-13-5-6-14-23)9-10-20(17)27-16-21(24)22-12-11-18-7-3-2-4-8-18/h7,9-10,15H,2-6,8,11-14,16H2,1H3,(H,22,24). The van der Waals surface area contributed by atoms with E-state index in [1.165, 1.54) is 22.7 Å². The molecule has 1 aromatic carbocycles. The van der Waals surface area contributed by atoms with Crippen molar-refractivity contribution in [1.29, 1.82) is 0 Å². The minimum Gasteiger partial charge on any atom is -0.484 e. The normalized spacial score (nSPS) is 18.0. The molecule has 1 fully saturated rings. The predicted octanol–water partition coefficient (Wildman–Crippen LogP) is 3.17. The summed E-state index contributed by atoms with van der Waals surface area (Å²) in [4.78, 5) is 12.3. The molecule has 1 saturated heterocycles. The van der Waals surface area contributed by atoms with Crippen molar-refractivity contribution in [3.05, 3.63) is 35.4 Å². The number of benzene rings is 1. The molecule has 1 aromatic rings. The van der Waals surface area contributed by atoms with Gasteiger partial charge in [-0.05, 0) is 75.6 Å². The number of carbonyl (C=O) groups is 1. The number of ether oxygens (including phenoxy) is 1. The third-order valence-corrected chi connectivity index (χ3v) is 7.26. The van der Waals surface area contributed by atoms with Gasteiger partial charge in [0, 0.05) is 19.6 Å². The van der Waals surface area contributed by atoms with E-state index in [1.807, 2.05) is 0 Å². The maximum absolute atomic E-state index is 12.6. The van der Waals surface area contributed by atoms with Gasteiger partial charge in [0.15, 0.2) is 6.61 Å². The molecule has 0 unspecified atom stereocenters. The number of aryl methyl sites for hydroxylation is 1. The fourth-order valence-electron chi connectivity index (χ4n) is 3.71. The number of nitrogens with one attached hydrogen (secondary N) is 1. The molecular weight excluding hydrogens is 376 g/mol. The summed E-state index contributed by atoms with van der Waals surface area (Å²) in [6, 6.07) is 4.82. The summed E-state index contributed by atoms with van der Waals surface area (Å²) in [6.45, 7) is 3.51. The number of carbonyl (C=O) groups excluding carboxylic acids is 1. The highest BCUT2D eigenvalue weighted by molar-refractivity contribution is 7.89. The molecule has 0 saturated carbocycles. The quantitative estimate of drug-likeness (QED) is 0.673. The van der Waals surface area contributed by atoms with Gasteiger partial charge in [0.2, 0.25) is 10.0 Å². The Hall–Kier alpha value is -1.86. The van der Waals surface area contributed by atoms with Crippen LogP contribution in [0.3, 0.4) is 0 Å². The molecule has 6 nitrogen and oxygen atoms in total. The summed E-state index contributed by atoms with van der Waals surface area (Å²) < 4.78 is 32.4. The van der Waals surface area contributed by atoms with Gasteiger partial charge in [0.1, 0.15) is 5.75 Å². The Kier molecular flexibility index (Phi) is 7.13. The molecule has 1 aliphatic heterocycles. The molecule has 3 rings (SSSR count). The van der Waals surface area contributed by atoms with Crippen LogP contribution >= 0.6 is 0 Å². The molecule has 154 valence electrons. The molecule has 0 aromatic heterocycles. The molecule has 1 aliphatic carbocycles. The smallest absolute Gasteiger partial charge is 0.257 e. The van der Waals surface area contributed by atoms with Gasteiger partial charge in [-0.15, -0.1) is 0 Å². The van der Waals surface area contributed by atoms with Gasteiger partial charge in [-0.2, -0.15) is 4.31 Å². The fraction of sp³-hybridized carbons (Fsp3) is 0.571. The van der Waals surface area contributed by atoms with E-state index in [-0.39, 0.29) is 17.4 Å². The molecule has 2 aliphatic rings. The minimum absolute atomic E-state index is 0.0713. The average Bonchev–Trinajstić information content (AvgIpc) is 3.23. The summed E-state index contributed by atoms with van der Waals surface area (Å²) in [6.07, 6.45) is 9.79. The number of hydrogen-bond acceptors (Lipinski definition) is 4. The Labute approximate surface area is 168 Å². The summed E-state index contributed by atoms with van der Waals surface area (Å²) in [5.74, 6) is 0.370. The number of hydrogen-bond donors (Lipinski definition) is 1. The van der Waals surface area contributed by atoms with Crippen molar-refractivity contribution >= 4 is 15.9 Å². The van der Waals surface area contributed by atoms with Gasteiger partial charge in [0.25, 0.3) is 5.91 Å². The van der Waals surface area contributed by atoms with Crippen LogP contribution in [0.2, 0.25) is 0 Å². The van der Waals surface area contributed by atoms with Crippen LogP contribution in [0.25, 0.3) is 0 Å². The fourth-order valence-corrected chi connectivity index (χ4v) is 5.31. The average molecular weight is 407 g/mol. The Balaban J connectivity index is 1.49. The molecule has 0 spiro atoms. The number of nitrogens with zero attached hydrogens (tertiary/aromatic N) is 1. The van der Waals surface area contributed by atoms with Crippen LogP contribution in [0.15, 0.2) is 34.7 Å². The van der Waals surface area contributed by atoms with E-state index in [0.717, 1.165) is 32.1 Å². The van der Waals surface area contributed by atoms with Crippen molar-refractivity contribution < 1.29 is 17.9 Å². The molecule has 0 atom stereocenters. The maximum Gasteiger partial charge on any atom is 0.257 e. The first-order valence-electron chi connectivity index (χ1n) is 10.1. The van der Waals surface area contributed by atoms with Gasteiger partial charge in [-0.3, -0.25) is 4.79 Å². The SMILES string of the molecule is Cc1cc(S(=O)(=O)N2CCCC2)ccc1OCC(=O)NCCC1=CCCCC1. The lowest BCUT2D eigenvalue weighted by atomic mass is 9.97. The van der Waals surface area contributed by atoms with Crippen molar-refractivity contribution in [1.82, 2.24) is 9.62 Å². The number of allylic oxidation sites excluding steroid dienone is 1. The maximum atomic E-state index is 12.6. The van der Waals surface area contributed by atoms with Crippen molar-refractivity contribution in [2.75, 3.05) is 26.2 Å². The molecule has 1 heterocycles. The van der Waals surface area contributed by atoms with Crippen molar-refractivity contribution in [2.24, 2.45) is 0 Å². The molecule has 7 heteroatoms. The summed E-state index contributed by atoms with van der Waals surface area (Å²) >= 11 is 0. The van der Waals surface area contributed by atoms with E-state index in [2.05, 4.69) is 11.4 Å². The molecule has 28 heavy (non-hydrogen) atoms. The molecule has 0 radical (unpaired) electrons. The van der Waals surface area contributed by atoms with E-state index < -0.39 is 10.0 Å². The van der Waals surface area contributed by atoms with Crippen LogP contribution in [0.5, 0.6) is 5.75 Å². The van der Waals surface area contributed by atoms with Crippen molar-refractivity contribution in [3.8, 4) is 5.75 Å². The van der Waals surface area contributed by atoms with Crippen molar-refractivity contribution in [3.63, 3.8) is 0 Å². The van der Waals surface area contributed by atoms with Gasteiger partial charge in [0.05, 0.1) is 4.90 Å². The van der Waals surface area contributed by atoms with Crippen LogP contribution < -0.4 is 10.1 Å². The topological polar surface area (TPSA) is 75.7 Å². The van der Waals surface area contributed by atoms with E-state index in [9.17, 15) is 13.2 Å². The Morgan fingerprint density at radius 1 is 1.18 bits per heavy atom. The van der Waals surface area contributed by atoms with E-state index in [4.69, 9.17) is 4.74 Å². The monoisotopic (exact) mass is 406 g/mol. The van der Waals surface area contributed by atoms with Gasteiger partial charge >= 0.3 is 0 Å². The molecular formula is C21H30N2O4S. The Morgan fingerprint density at radius 2 is 1.96 bits per heavy atom. The van der Waals surface area contributed by atoms with Crippen LogP contribution in [0, 0.1) is 6.92 Å². The molecule has 0 bridgehead atoms. The first-order chi connectivity index (χ1) is 13.5. The Morgan fingerprint density at radius 3 is 2.64 bits per heavy atom. The first kappa shape index (κ1) is 20.9. The number of sulfonamides is 1. The zero-order valence-electron chi connectivity index (χ0n) is 16.6. The van der Waals surface area contributed by atoms with E-state index in [1.54, 1.807) is 25.1 Å². The zero-order valence-corrected chi connectivity index (χ0v) is 17.4. The highest BCUT2D eigenvalue weighted by Crippen LogP contribution is 2.26. The highest BCUT2D eigenvalue weighted by Gasteiger charge is 2.27. The second kappa shape index (κ2) is 9.56. The predicted molar refractivity (Wildman–Crippen MR) is 109 cm³/mol. The largest absolute Gasteiger partial charge is 0.484 e. The van der Waals surface area contributed by atoms with Crippen LogP contribution in [-0.4, -0.2) is 44.9 Å². The number of rotatable bonds is 8. The van der Waals surface area contributed by atoms with E-state index in [0.29, 0.717) is 30.9 Å². The minimum atomic E-state index is -3.44. The second-order valence-electron chi connectivity index (χ2n) is 7.54. The first-order valence-corrected chi connectivity index (χ1v) is 11.6. The third kappa shape index (κ3) is 5.35. The second-order valence-corrected chi connectivity index (χ2v) is 9.47. The number of amides is 1. The van der Waals surface area contributed by atoms with Gasteiger partial charge in [-0.25, -0.2) is 8.42 Å².